The summed E-state index contributed by atoms with van der Waals surface area (Å²) in [6.45, 7) is 18.3. The Balaban J connectivity index is 1.37. The topological polar surface area (TPSA) is 63.8 Å². The van der Waals surface area contributed by atoms with Gasteiger partial charge in [-0.25, -0.2) is 4.98 Å². The summed E-state index contributed by atoms with van der Waals surface area (Å²) < 4.78 is 4.39. The van der Waals surface area contributed by atoms with Crippen LogP contribution in [0.4, 0.5) is 11.6 Å². The zero-order valence-electron chi connectivity index (χ0n) is 25.1. The summed E-state index contributed by atoms with van der Waals surface area (Å²) in [6, 6.07) is 11.0. The van der Waals surface area contributed by atoms with E-state index in [0.29, 0.717) is 11.8 Å². The number of hydrogen-bond donors (Lipinski definition) is 1. The van der Waals surface area contributed by atoms with Crippen molar-refractivity contribution >= 4 is 28.4 Å². The monoisotopic (exact) mass is 549 g/mol. The molecule has 2 bridgehead atoms. The molecule has 1 aromatic carbocycles. The van der Waals surface area contributed by atoms with E-state index in [0.717, 1.165) is 78.6 Å². The molecule has 0 radical (unpaired) electrons. The van der Waals surface area contributed by atoms with Gasteiger partial charge < -0.3 is 14.8 Å². The van der Waals surface area contributed by atoms with Crippen molar-refractivity contribution in [3.05, 3.63) is 72.2 Å². The molecule has 7 heteroatoms. The molecule has 0 amide bonds. The highest BCUT2D eigenvalue weighted by molar-refractivity contribution is 5.85. The first-order valence-electron chi connectivity index (χ1n) is 15.1. The van der Waals surface area contributed by atoms with E-state index in [1.54, 1.807) is 0 Å². The van der Waals surface area contributed by atoms with Crippen LogP contribution in [-0.2, 0) is 20.0 Å². The molecule has 2 aliphatic heterocycles. The molecule has 1 N–H and O–H groups in total. The number of pyridine rings is 1. The van der Waals surface area contributed by atoms with Crippen LogP contribution in [0.2, 0.25) is 0 Å². The molecule has 0 saturated carbocycles. The van der Waals surface area contributed by atoms with E-state index in [-0.39, 0.29) is 0 Å². The van der Waals surface area contributed by atoms with Crippen molar-refractivity contribution in [1.82, 2.24) is 24.3 Å². The maximum atomic E-state index is 5.08. The second kappa shape index (κ2) is 11.2. The van der Waals surface area contributed by atoms with E-state index in [4.69, 9.17) is 9.97 Å². The second-order valence-electron chi connectivity index (χ2n) is 12.3. The number of imidazole rings is 1. The van der Waals surface area contributed by atoms with Gasteiger partial charge in [0.1, 0.15) is 0 Å². The number of hydrogen-bond acceptors (Lipinski definition) is 5. The lowest BCUT2D eigenvalue weighted by atomic mass is 9.91. The maximum Gasteiger partial charge on any atom is 0.208 e. The van der Waals surface area contributed by atoms with E-state index in [1.165, 1.54) is 41.7 Å². The predicted octanol–water partition coefficient (Wildman–Crippen LogP) is 7.38. The van der Waals surface area contributed by atoms with E-state index in [2.05, 4.69) is 77.2 Å². The summed E-state index contributed by atoms with van der Waals surface area (Å²) in [5.41, 5.74) is 10.9. The number of rotatable bonds is 2. The molecule has 1 unspecified atom stereocenters. The molecule has 7 nitrogen and oxygen atoms in total. The molecule has 1 fully saturated rings. The number of fused-ring (bicyclic) bond motifs is 7. The Morgan fingerprint density at radius 1 is 1.05 bits per heavy atom. The molecular weight excluding hydrogens is 506 g/mol. The number of anilines is 2. The van der Waals surface area contributed by atoms with Crippen LogP contribution in [0.5, 0.6) is 0 Å². The van der Waals surface area contributed by atoms with Gasteiger partial charge in [0.05, 0.1) is 22.9 Å². The summed E-state index contributed by atoms with van der Waals surface area (Å²) in [4.78, 5) is 12.5. The van der Waals surface area contributed by atoms with Crippen LogP contribution in [0.3, 0.4) is 0 Å². The Labute approximate surface area is 244 Å². The number of nitrogens with one attached hydrogen (secondary N) is 1. The van der Waals surface area contributed by atoms with E-state index >= 15 is 0 Å². The standard InChI is InChI=1S/C34H43N7/c1-22(2)26-13-15-40(16-14-26)28-11-12-30-33(19-28)41-21-23(3)9-7-8-10-32-29(20-35-39(32)6)31-18-27(17-24(4)36-31)25(5)37-34(41)38-30/h11-12,17-20,23,26H,1,5,7-10,13-16,21H2,2-4,6H3,(H,37,38). The summed E-state index contributed by atoms with van der Waals surface area (Å²) in [6.07, 6.45) is 8.74. The maximum absolute atomic E-state index is 5.08. The van der Waals surface area contributed by atoms with Crippen molar-refractivity contribution in [3.8, 4) is 11.3 Å². The fraction of sp³-hybridized carbons (Fsp3) is 0.441. The summed E-state index contributed by atoms with van der Waals surface area (Å²) >= 11 is 0. The minimum absolute atomic E-state index is 0.511. The Morgan fingerprint density at radius 3 is 2.63 bits per heavy atom. The van der Waals surface area contributed by atoms with Gasteiger partial charge in [0.15, 0.2) is 0 Å². The largest absolute Gasteiger partial charge is 0.371 e. The predicted molar refractivity (Wildman–Crippen MR) is 170 cm³/mol. The first-order chi connectivity index (χ1) is 19.8. The Kier molecular flexibility index (Phi) is 7.45. The smallest absolute Gasteiger partial charge is 0.208 e. The summed E-state index contributed by atoms with van der Waals surface area (Å²) in [5, 5.41) is 8.19. The van der Waals surface area contributed by atoms with E-state index in [1.807, 2.05) is 24.9 Å². The van der Waals surface area contributed by atoms with Crippen LogP contribution in [0.25, 0.3) is 28.0 Å². The second-order valence-corrected chi connectivity index (χ2v) is 12.3. The zero-order valence-corrected chi connectivity index (χ0v) is 25.1. The summed E-state index contributed by atoms with van der Waals surface area (Å²) in [5.74, 6) is 2.00. The van der Waals surface area contributed by atoms with Crippen molar-refractivity contribution in [1.29, 1.82) is 0 Å². The van der Waals surface area contributed by atoms with Gasteiger partial charge in [0, 0.05) is 60.6 Å². The van der Waals surface area contributed by atoms with Crippen LogP contribution < -0.4 is 10.2 Å². The third kappa shape index (κ3) is 5.54. The Hall–Kier alpha value is -3.87. The molecule has 4 aromatic rings. The number of aryl methyl sites for hydroxylation is 2. The molecule has 0 spiro atoms. The molecule has 3 aromatic heterocycles. The minimum Gasteiger partial charge on any atom is -0.371 e. The van der Waals surface area contributed by atoms with Crippen molar-refractivity contribution in [3.63, 3.8) is 0 Å². The van der Waals surface area contributed by atoms with Crippen molar-refractivity contribution < 1.29 is 0 Å². The average Bonchev–Trinajstić information content (AvgIpc) is 3.49. The Morgan fingerprint density at radius 2 is 1.85 bits per heavy atom. The van der Waals surface area contributed by atoms with Crippen LogP contribution >= 0.6 is 0 Å². The van der Waals surface area contributed by atoms with Gasteiger partial charge in [0.25, 0.3) is 0 Å². The lowest BCUT2D eigenvalue weighted by molar-refractivity contribution is 0.437. The van der Waals surface area contributed by atoms with Crippen LogP contribution in [0, 0.1) is 18.8 Å². The van der Waals surface area contributed by atoms with Gasteiger partial charge >= 0.3 is 0 Å². The van der Waals surface area contributed by atoms with Crippen LogP contribution in [-0.4, -0.2) is 37.4 Å². The van der Waals surface area contributed by atoms with Gasteiger partial charge in [-0.1, -0.05) is 32.1 Å². The number of aromatic nitrogens is 5. The highest BCUT2D eigenvalue weighted by Gasteiger charge is 2.22. The SMILES string of the molecule is C=C1Nc2nc3ccc(N4CCC(C(=C)C)CC4)cc3n2CC(C)CCCCc2c(cnn2C)-c2cc1cc(C)n2. The molecule has 214 valence electrons. The first kappa shape index (κ1) is 27.3. The fourth-order valence-electron chi connectivity index (χ4n) is 6.57. The molecule has 6 rings (SSSR count). The van der Waals surface area contributed by atoms with Gasteiger partial charge in [-0.15, -0.1) is 0 Å². The quantitative estimate of drug-likeness (QED) is 0.264. The molecule has 1 atom stereocenters. The number of allylic oxidation sites excluding steroid dienone is 1. The van der Waals surface area contributed by atoms with Crippen molar-refractivity contribution in [2.75, 3.05) is 23.3 Å². The third-order valence-corrected chi connectivity index (χ3v) is 9.05. The molecule has 2 aliphatic rings. The third-order valence-electron chi connectivity index (χ3n) is 9.05. The first-order valence-corrected chi connectivity index (χ1v) is 15.1. The normalized spacial score (nSPS) is 18.8. The molecule has 5 heterocycles. The van der Waals surface area contributed by atoms with Crippen LogP contribution in [0.15, 0.2) is 55.3 Å². The molecular formula is C34H43N7. The number of piperidine rings is 1. The number of benzene rings is 1. The van der Waals surface area contributed by atoms with Gasteiger partial charge in [-0.05, 0) is 88.1 Å². The Bertz CT molecular complexity index is 1600. The highest BCUT2D eigenvalue weighted by atomic mass is 15.3. The zero-order chi connectivity index (χ0) is 28.7. The lowest BCUT2D eigenvalue weighted by Crippen LogP contribution is -2.33. The summed E-state index contributed by atoms with van der Waals surface area (Å²) in [7, 11) is 2.04. The lowest BCUT2D eigenvalue weighted by Gasteiger charge is -2.34. The number of nitrogens with zero attached hydrogens (tertiary/aromatic N) is 6. The molecule has 1 saturated heterocycles. The van der Waals surface area contributed by atoms with Gasteiger partial charge in [0.2, 0.25) is 5.95 Å². The van der Waals surface area contributed by atoms with E-state index < -0.39 is 0 Å². The molecule has 41 heavy (non-hydrogen) atoms. The highest BCUT2D eigenvalue weighted by Crippen LogP contribution is 2.33. The van der Waals surface area contributed by atoms with Crippen LogP contribution in [0.1, 0.15) is 62.9 Å². The minimum atomic E-state index is 0.511. The fourth-order valence-corrected chi connectivity index (χ4v) is 6.57. The molecule has 0 aliphatic carbocycles. The van der Waals surface area contributed by atoms with Gasteiger partial charge in [-0.2, -0.15) is 5.10 Å². The van der Waals surface area contributed by atoms with Gasteiger partial charge in [-0.3, -0.25) is 9.67 Å². The average molecular weight is 550 g/mol. The van der Waals surface area contributed by atoms with Crippen molar-refractivity contribution in [2.24, 2.45) is 18.9 Å². The van der Waals surface area contributed by atoms with E-state index in [9.17, 15) is 0 Å². The van der Waals surface area contributed by atoms with Crippen molar-refractivity contribution in [2.45, 2.75) is 65.8 Å².